The van der Waals surface area contributed by atoms with E-state index in [0.717, 1.165) is 22.5 Å². The van der Waals surface area contributed by atoms with Gasteiger partial charge in [0.15, 0.2) is 0 Å². The molecule has 1 fully saturated rings. The van der Waals surface area contributed by atoms with Gasteiger partial charge in [0.05, 0.1) is 11.1 Å². The number of hydrogen-bond donors (Lipinski definition) is 1. The average Bonchev–Trinajstić information content (AvgIpc) is 2.64. The van der Waals surface area contributed by atoms with Crippen molar-refractivity contribution in [2.75, 3.05) is 0 Å². The highest BCUT2D eigenvalue weighted by Crippen LogP contribution is 2.35. The van der Waals surface area contributed by atoms with Gasteiger partial charge in [0.2, 0.25) is 0 Å². The second-order valence-electron chi connectivity index (χ2n) is 6.81. The smallest absolute Gasteiger partial charge is 0.419 e. The molecule has 0 atom stereocenters. The maximum Gasteiger partial charge on any atom is 0.419 e. The maximum atomic E-state index is 13.3. The average molecular weight is 428 g/mol. The van der Waals surface area contributed by atoms with Gasteiger partial charge in [-0.25, -0.2) is 14.4 Å². The molecule has 1 heterocycles. The summed E-state index contributed by atoms with van der Waals surface area (Å²) >= 11 is 0. The number of aromatic nitrogens is 2. The van der Waals surface area contributed by atoms with Crippen molar-refractivity contribution in [2.24, 2.45) is 0 Å². The SMILES string of the molecule is Cl.Fc1ccc(OC2CC(NCc3cccc4cncnc34)C2)cc1C(F)(F)F. The van der Waals surface area contributed by atoms with E-state index >= 15 is 0 Å². The van der Waals surface area contributed by atoms with E-state index in [1.54, 1.807) is 6.20 Å². The van der Waals surface area contributed by atoms with Crippen LogP contribution in [-0.4, -0.2) is 22.1 Å². The first-order chi connectivity index (χ1) is 13.4. The van der Waals surface area contributed by atoms with Gasteiger partial charge >= 0.3 is 6.18 Å². The zero-order valence-corrected chi connectivity index (χ0v) is 15.9. The van der Waals surface area contributed by atoms with Crippen LogP contribution in [0.25, 0.3) is 10.9 Å². The van der Waals surface area contributed by atoms with Gasteiger partial charge in [-0.05, 0) is 36.6 Å². The fraction of sp³-hybridized carbons (Fsp3) is 0.300. The standard InChI is InChI=1S/C20H17F4N3O.ClH/c21-18-5-4-15(8-17(18)20(22,23)24)28-16-6-14(7-16)26-10-13-3-1-2-12-9-25-11-27-19(12)13;/h1-5,8-9,11,14,16,26H,6-7,10H2;1H. The number of halogens is 5. The van der Waals surface area contributed by atoms with Gasteiger partial charge in [-0.3, -0.25) is 0 Å². The second kappa shape index (κ2) is 8.51. The molecule has 3 aromatic rings. The Morgan fingerprint density at radius 1 is 1.14 bits per heavy atom. The molecule has 0 aliphatic heterocycles. The number of hydrogen-bond acceptors (Lipinski definition) is 4. The van der Waals surface area contributed by atoms with Crippen LogP contribution in [0.1, 0.15) is 24.0 Å². The Hall–Kier alpha value is -2.45. The number of nitrogens with zero attached hydrogens (tertiary/aromatic N) is 2. The van der Waals surface area contributed by atoms with Crippen LogP contribution in [-0.2, 0) is 12.7 Å². The molecule has 9 heteroatoms. The zero-order chi connectivity index (χ0) is 19.7. The van der Waals surface area contributed by atoms with Gasteiger partial charge in [0.25, 0.3) is 0 Å². The van der Waals surface area contributed by atoms with Crippen molar-refractivity contribution in [3.8, 4) is 5.75 Å². The fourth-order valence-electron chi connectivity index (χ4n) is 3.29. The Morgan fingerprint density at radius 2 is 1.93 bits per heavy atom. The Morgan fingerprint density at radius 3 is 2.69 bits per heavy atom. The number of nitrogens with one attached hydrogen (secondary N) is 1. The number of rotatable bonds is 5. The molecule has 1 N–H and O–H groups in total. The highest BCUT2D eigenvalue weighted by atomic mass is 35.5. The molecule has 0 saturated heterocycles. The summed E-state index contributed by atoms with van der Waals surface area (Å²) in [5.74, 6) is -1.27. The van der Waals surface area contributed by atoms with Gasteiger partial charge in [-0.15, -0.1) is 12.4 Å². The zero-order valence-electron chi connectivity index (χ0n) is 15.1. The van der Waals surface area contributed by atoms with Crippen LogP contribution in [0, 0.1) is 5.82 Å². The van der Waals surface area contributed by atoms with Crippen LogP contribution in [0.15, 0.2) is 48.9 Å². The first-order valence-electron chi connectivity index (χ1n) is 8.84. The summed E-state index contributed by atoms with van der Waals surface area (Å²) in [4.78, 5) is 8.32. The third-order valence-electron chi connectivity index (χ3n) is 4.84. The monoisotopic (exact) mass is 427 g/mol. The Bertz CT molecular complexity index is 988. The molecule has 1 saturated carbocycles. The molecule has 0 spiro atoms. The predicted octanol–water partition coefficient (Wildman–Crippen LogP) is 4.91. The Labute approximate surface area is 170 Å². The van der Waals surface area contributed by atoms with Crippen LogP contribution in [0.2, 0.25) is 0 Å². The molecule has 0 bridgehead atoms. The molecule has 29 heavy (non-hydrogen) atoms. The van der Waals surface area contributed by atoms with E-state index in [4.69, 9.17) is 4.74 Å². The molecular weight excluding hydrogens is 410 g/mol. The lowest BCUT2D eigenvalue weighted by atomic mass is 9.89. The van der Waals surface area contributed by atoms with E-state index in [2.05, 4.69) is 15.3 Å². The van der Waals surface area contributed by atoms with Gasteiger partial charge in [0, 0.05) is 24.2 Å². The van der Waals surface area contributed by atoms with Crippen LogP contribution in [0.5, 0.6) is 5.75 Å². The van der Waals surface area contributed by atoms with Crippen molar-refractivity contribution in [1.29, 1.82) is 0 Å². The van der Waals surface area contributed by atoms with Gasteiger partial charge in [0.1, 0.15) is 24.0 Å². The van der Waals surface area contributed by atoms with Crippen molar-refractivity contribution in [3.05, 3.63) is 65.9 Å². The van der Waals surface area contributed by atoms with E-state index in [1.165, 1.54) is 12.4 Å². The highest BCUT2D eigenvalue weighted by molar-refractivity contribution is 5.85. The molecule has 154 valence electrons. The first-order valence-corrected chi connectivity index (χ1v) is 8.84. The van der Waals surface area contributed by atoms with Gasteiger partial charge < -0.3 is 10.1 Å². The van der Waals surface area contributed by atoms with Crippen molar-refractivity contribution < 1.29 is 22.3 Å². The Kier molecular flexibility index (Phi) is 6.24. The van der Waals surface area contributed by atoms with Crippen LogP contribution >= 0.6 is 12.4 Å². The van der Waals surface area contributed by atoms with E-state index < -0.39 is 17.6 Å². The Balaban J connectivity index is 0.00000240. The van der Waals surface area contributed by atoms with Crippen LogP contribution in [0.3, 0.4) is 0 Å². The van der Waals surface area contributed by atoms with E-state index in [-0.39, 0.29) is 30.3 Å². The molecule has 0 radical (unpaired) electrons. The lowest BCUT2D eigenvalue weighted by Crippen LogP contribution is -2.46. The summed E-state index contributed by atoms with van der Waals surface area (Å²) < 4.78 is 57.3. The minimum atomic E-state index is -4.74. The number of ether oxygens (including phenoxy) is 1. The van der Waals surface area contributed by atoms with E-state index in [9.17, 15) is 17.6 Å². The predicted molar refractivity (Wildman–Crippen MR) is 102 cm³/mol. The molecule has 4 rings (SSSR count). The van der Waals surface area contributed by atoms with Crippen LogP contribution in [0.4, 0.5) is 17.6 Å². The fourth-order valence-corrected chi connectivity index (χ4v) is 3.29. The first kappa shape index (κ1) is 21.3. The molecule has 4 nitrogen and oxygen atoms in total. The highest BCUT2D eigenvalue weighted by Gasteiger charge is 2.35. The minimum Gasteiger partial charge on any atom is -0.490 e. The second-order valence-corrected chi connectivity index (χ2v) is 6.81. The third-order valence-corrected chi connectivity index (χ3v) is 4.84. The largest absolute Gasteiger partial charge is 0.490 e. The quantitative estimate of drug-likeness (QED) is 0.588. The summed E-state index contributed by atoms with van der Waals surface area (Å²) in [5, 5.41) is 4.37. The third kappa shape index (κ3) is 4.76. The lowest BCUT2D eigenvalue weighted by molar-refractivity contribution is -0.140. The number of para-hydroxylation sites is 1. The molecule has 1 aromatic heterocycles. The molecule has 0 unspecified atom stereocenters. The topological polar surface area (TPSA) is 47.0 Å². The van der Waals surface area contributed by atoms with Gasteiger partial charge in [-0.2, -0.15) is 13.2 Å². The van der Waals surface area contributed by atoms with E-state index in [1.807, 2.05) is 18.2 Å². The number of alkyl halides is 3. The van der Waals surface area contributed by atoms with Crippen molar-refractivity contribution >= 4 is 23.3 Å². The molecule has 1 aliphatic rings. The van der Waals surface area contributed by atoms with E-state index in [0.29, 0.717) is 25.5 Å². The number of fused-ring (bicyclic) bond motifs is 1. The van der Waals surface area contributed by atoms with Crippen molar-refractivity contribution in [1.82, 2.24) is 15.3 Å². The normalized spacial score (nSPS) is 18.8. The minimum absolute atomic E-state index is 0. The van der Waals surface area contributed by atoms with Crippen molar-refractivity contribution in [2.45, 2.75) is 37.7 Å². The number of benzene rings is 2. The molecular formula is C20H18ClF4N3O. The summed E-state index contributed by atoms with van der Waals surface area (Å²) in [7, 11) is 0. The lowest BCUT2D eigenvalue weighted by Gasteiger charge is -2.36. The molecule has 0 amide bonds. The van der Waals surface area contributed by atoms with Crippen LogP contribution < -0.4 is 10.1 Å². The maximum absolute atomic E-state index is 13.3. The summed E-state index contributed by atoms with van der Waals surface area (Å²) in [6.45, 7) is 0.626. The molecule has 2 aromatic carbocycles. The van der Waals surface area contributed by atoms with Crippen molar-refractivity contribution in [3.63, 3.8) is 0 Å². The summed E-state index contributed by atoms with van der Waals surface area (Å²) in [6, 6.07) is 8.81. The summed E-state index contributed by atoms with van der Waals surface area (Å²) in [6.07, 6.45) is -0.334. The summed E-state index contributed by atoms with van der Waals surface area (Å²) in [5.41, 5.74) is 0.637. The van der Waals surface area contributed by atoms with Gasteiger partial charge in [-0.1, -0.05) is 18.2 Å². The molecule has 1 aliphatic carbocycles.